The molecule has 134 valence electrons. The summed E-state index contributed by atoms with van der Waals surface area (Å²) in [5, 5.41) is 10.1. The molecule has 0 bridgehead atoms. The Morgan fingerprint density at radius 2 is 2.15 bits per heavy atom. The summed E-state index contributed by atoms with van der Waals surface area (Å²) >= 11 is 9.71. The van der Waals surface area contributed by atoms with Gasteiger partial charge in [0.15, 0.2) is 11.4 Å². The Balaban J connectivity index is 1.72. The van der Waals surface area contributed by atoms with Gasteiger partial charge in [-0.15, -0.1) is 11.3 Å². The predicted molar refractivity (Wildman–Crippen MR) is 113 cm³/mol. The van der Waals surface area contributed by atoms with Gasteiger partial charge in [-0.2, -0.15) is 0 Å². The van der Waals surface area contributed by atoms with E-state index in [1.165, 1.54) is 5.56 Å². The van der Waals surface area contributed by atoms with Gasteiger partial charge in [0, 0.05) is 12.7 Å². The van der Waals surface area contributed by atoms with Crippen LogP contribution in [-0.4, -0.2) is 31.1 Å². The Kier molecular flexibility index (Phi) is 5.06. The monoisotopic (exact) mass is 403 g/mol. The molecule has 1 atom stereocenters. The van der Waals surface area contributed by atoms with Crippen LogP contribution in [0.5, 0.6) is 0 Å². The third-order valence-corrected chi connectivity index (χ3v) is 6.44. The van der Waals surface area contributed by atoms with E-state index in [4.69, 9.17) is 21.6 Å². The Hall–Kier alpha value is -1.77. The zero-order valence-electron chi connectivity index (χ0n) is 14.4. The zero-order chi connectivity index (χ0) is 18.1. The van der Waals surface area contributed by atoms with E-state index in [-0.39, 0.29) is 6.29 Å². The molecule has 26 heavy (non-hydrogen) atoms. The first-order valence-corrected chi connectivity index (χ1v) is 10.3. The zero-order valence-corrected chi connectivity index (χ0v) is 16.8. The van der Waals surface area contributed by atoms with E-state index in [2.05, 4.69) is 28.1 Å². The highest BCUT2D eigenvalue weighted by molar-refractivity contribution is 7.22. The molecular weight excluding hydrogens is 386 g/mol. The van der Waals surface area contributed by atoms with Crippen LogP contribution < -0.4 is 15.5 Å². The minimum absolute atomic E-state index is 0.204. The number of anilines is 1. The van der Waals surface area contributed by atoms with Crippen LogP contribution >= 0.6 is 34.3 Å². The highest BCUT2D eigenvalue weighted by Gasteiger charge is 2.23. The van der Waals surface area contributed by atoms with E-state index < -0.39 is 0 Å². The number of rotatable bonds is 5. The van der Waals surface area contributed by atoms with Crippen LogP contribution in [0.1, 0.15) is 10.4 Å². The second-order valence-corrected chi connectivity index (χ2v) is 8.12. The molecular formula is C18H18ClN5S2. The number of fused-ring (bicyclic) bond motifs is 1. The molecule has 0 aliphatic carbocycles. The molecule has 0 fully saturated rings. The Morgan fingerprint density at radius 1 is 1.27 bits per heavy atom. The van der Waals surface area contributed by atoms with Crippen LogP contribution in [0.4, 0.5) is 5.13 Å². The molecule has 1 unspecified atom stereocenters. The Labute approximate surface area is 165 Å². The maximum Gasteiger partial charge on any atom is 0.193 e. The van der Waals surface area contributed by atoms with Crippen molar-refractivity contribution in [3.05, 3.63) is 57.4 Å². The van der Waals surface area contributed by atoms with Gasteiger partial charge < -0.3 is 5.32 Å². The molecule has 1 aromatic carbocycles. The molecule has 4 rings (SSSR count). The van der Waals surface area contributed by atoms with Crippen molar-refractivity contribution in [1.82, 2.24) is 15.6 Å². The van der Waals surface area contributed by atoms with Crippen LogP contribution in [-0.2, 0) is 6.54 Å². The molecule has 2 aromatic heterocycles. The molecule has 0 radical (unpaired) electrons. The van der Waals surface area contributed by atoms with Crippen molar-refractivity contribution in [2.75, 3.05) is 19.0 Å². The number of aromatic nitrogens is 1. The van der Waals surface area contributed by atoms with Crippen molar-refractivity contribution in [3.63, 3.8) is 0 Å². The molecule has 2 N–H and O–H groups in total. The number of hydrogen-bond acceptors (Lipinski definition) is 7. The largest absolute Gasteiger partial charge is 0.316 e. The number of benzene rings is 1. The maximum atomic E-state index is 6.39. The maximum absolute atomic E-state index is 6.39. The normalized spacial score (nSPS) is 17.1. The summed E-state index contributed by atoms with van der Waals surface area (Å²) in [5.74, 6) is 0. The first-order chi connectivity index (χ1) is 12.7. The van der Waals surface area contributed by atoms with Crippen LogP contribution in [0.2, 0.25) is 5.02 Å². The summed E-state index contributed by atoms with van der Waals surface area (Å²) in [6.45, 7) is 0.779. The third kappa shape index (κ3) is 3.17. The summed E-state index contributed by atoms with van der Waals surface area (Å²) in [6.07, 6.45) is 3.86. The second kappa shape index (κ2) is 7.46. The van der Waals surface area contributed by atoms with Crippen LogP contribution in [0.3, 0.4) is 0 Å². The lowest BCUT2D eigenvalue weighted by atomic mass is 10.2. The van der Waals surface area contributed by atoms with Crippen molar-refractivity contribution in [2.45, 2.75) is 12.8 Å². The van der Waals surface area contributed by atoms with Crippen molar-refractivity contribution in [1.29, 1.82) is 0 Å². The van der Waals surface area contributed by atoms with E-state index in [9.17, 15) is 0 Å². The minimum atomic E-state index is -0.204. The molecule has 0 saturated heterocycles. The lowest BCUT2D eigenvalue weighted by molar-refractivity contribution is 0.587. The van der Waals surface area contributed by atoms with Gasteiger partial charge in [0.05, 0.1) is 20.3 Å². The molecule has 0 amide bonds. The predicted octanol–water partition coefficient (Wildman–Crippen LogP) is 4.06. The van der Waals surface area contributed by atoms with E-state index in [0.29, 0.717) is 5.02 Å². The smallest absolute Gasteiger partial charge is 0.193 e. The standard InChI is InChI=1S/C18H18ClN5S2/c1-20-10-11-5-6-12(19)15-16(11)26-18(23-15)24-8-7-13(22-17(24)21-2)14-4-3-9-25-14/h3-9,17,20-21H,10H2,1-2H3. The summed E-state index contributed by atoms with van der Waals surface area (Å²) in [7, 11) is 3.84. The number of aliphatic imine (C=N–C) groups is 1. The number of allylic oxidation sites excluding steroid dienone is 1. The van der Waals surface area contributed by atoms with Gasteiger partial charge >= 0.3 is 0 Å². The molecule has 0 saturated carbocycles. The summed E-state index contributed by atoms with van der Waals surface area (Å²) in [5.41, 5.74) is 3.02. The highest BCUT2D eigenvalue weighted by Crippen LogP contribution is 2.36. The number of thiazole rings is 1. The van der Waals surface area contributed by atoms with Crippen molar-refractivity contribution in [3.8, 4) is 0 Å². The van der Waals surface area contributed by atoms with Crippen molar-refractivity contribution < 1.29 is 0 Å². The van der Waals surface area contributed by atoms with Crippen LogP contribution in [0, 0.1) is 0 Å². The second-order valence-electron chi connectivity index (χ2n) is 5.79. The number of halogens is 1. The summed E-state index contributed by atoms with van der Waals surface area (Å²) < 4.78 is 1.11. The number of nitrogens with one attached hydrogen (secondary N) is 2. The van der Waals surface area contributed by atoms with E-state index in [1.807, 2.05) is 43.4 Å². The Morgan fingerprint density at radius 3 is 2.88 bits per heavy atom. The van der Waals surface area contributed by atoms with E-state index >= 15 is 0 Å². The fraction of sp³-hybridized carbons (Fsp3) is 0.222. The van der Waals surface area contributed by atoms with Gasteiger partial charge in [-0.3, -0.25) is 10.2 Å². The van der Waals surface area contributed by atoms with Crippen LogP contribution in [0.15, 0.2) is 46.9 Å². The van der Waals surface area contributed by atoms with Gasteiger partial charge in [0.2, 0.25) is 0 Å². The number of nitrogens with zero attached hydrogens (tertiary/aromatic N) is 3. The molecule has 3 aromatic rings. The number of thiophene rings is 1. The van der Waals surface area contributed by atoms with Gasteiger partial charge in [0.25, 0.3) is 0 Å². The molecule has 8 heteroatoms. The quantitative estimate of drug-likeness (QED) is 0.674. The molecule has 1 aliphatic rings. The van der Waals surface area contributed by atoms with Crippen LogP contribution in [0.25, 0.3) is 10.2 Å². The van der Waals surface area contributed by atoms with E-state index in [1.54, 1.807) is 22.7 Å². The van der Waals surface area contributed by atoms with E-state index in [0.717, 1.165) is 32.5 Å². The minimum Gasteiger partial charge on any atom is -0.316 e. The first kappa shape index (κ1) is 17.6. The van der Waals surface area contributed by atoms with Crippen molar-refractivity contribution >= 4 is 55.3 Å². The molecule has 5 nitrogen and oxygen atoms in total. The SMILES string of the molecule is CNCc1ccc(Cl)c2nc(N3C=CC(c4cccs4)=NC3NC)sc12. The third-order valence-electron chi connectivity index (χ3n) is 4.10. The average molecular weight is 404 g/mol. The molecule has 1 aliphatic heterocycles. The van der Waals surface area contributed by atoms with Gasteiger partial charge in [0.1, 0.15) is 5.52 Å². The molecule has 0 spiro atoms. The summed E-state index contributed by atoms with van der Waals surface area (Å²) in [6, 6.07) is 8.08. The average Bonchev–Trinajstić information content (AvgIpc) is 3.34. The van der Waals surface area contributed by atoms with Gasteiger partial charge in [-0.25, -0.2) is 9.98 Å². The highest BCUT2D eigenvalue weighted by atomic mass is 35.5. The fourth-order valence-electron chi connectivity index (χ4n) is 2.87. The molecule has 3 heterocycles. The number of hydrogen-bond donors (Lipinski definition) is 2. The summed E-state index contributed by atoms with van der Waals surface area (Å²) in [4.78, 5) is 12.8. The van der Waals surface area contributed by atoms with Crippen molar-refractivity contribution in [2.24, 2.45) is 4.99 Å². The van der Waals surface area contributed by atoms with Gasteiger partial charge in [-0.05, 0) is 43.2 Å². The Bertz CT molecular complexity index is 977. The first-order valence-electron chi connectivity index (χ1n) is 8.19. The lowest BCUT2D eigenvalue weighted by Gasteiger charge is -2.28. The lowest BCUT2D eigenvalue weighted by Crippen LogP contribution is -2.42. The topological polar surface area (TPSA) is 52.6 Å². The van der Waals surface area contributed by atoms with Gasteiger partial charge in [-0.1, -0.05) is 35.1 Å². The fourth-order valence-corrected chi connectivity index (χ4v) is 4.94.